The van der Waals surface area contributed by atoms with Crippen molar-refractivity contribution in [2.45, 2.75) is 19.3 Å². The fourth-order valence-electron chi connectivity index (χ4n) is 2.24. The second-order valence-corrected chi connectivity index (χ2v) is 5.47. The maximum absolute atomic E-state index is 11.9. The Labute approximate surface area is 129 Å². The van der Waals surface area contributed by atoms with E-state index in [2.05, 4.69) is 22.8 Å². The van der Waals surface area contributed by atoms with Gasteiger partial charge in [-0.15, -0.1) is 0 Å². The Hall–Kier alpha value is -1.81. The summed E-state index contributed by atoms with van der Waals surface area (Å²) < 4.78 is 0. The van der Waals surface area contributed by atoms with Crippen LogP contribution in [-0.4, -0.2) is 24.9 Å². The quantitative estimate of drug-likeness (QED) is 0.649. The predicted molar refractivity (Wildman–Crippen MR) is 83.3 cm³/mol. The zero-order chi connectivity index (χ0) is 15.1. The lowest BCUT2D eigenvalue weighted by atomic mass is 9.94. The molecule has 0 radical (unpaired) electrons. The lowest BCUT2D eigenvalue weighted by Gasteiger charge is -2.17. The van der Waals surface area contributed by atoms with E-state index in [4.69, 9.17) is 11.6 Å². The highest BCUT2D eigenvalue weighted by Crippen LogP contribution is 2.17. The minimum Gasteiger partial charge on any atom is -0.354 e. The Morgan fingerprint density at radius 1 is 1.10 bits per heavy atom. The van der Waals surface area contributed by atoms with Gasteiger partial charge in [-0.05, 0) is 43.5 Å². The van der Waals surface area contributed by atoms with Gasteiger partial charge in [0, 0.05) is 29.6 Å². The Morgan fingerprint density at radius 2 is 1.81 bits per heavy atom. The summed E-state index contributed by atoms with van der Waals surface area (Å²) in [5.41, 5.74) is 0.558. The molecule has 0 saturated carbocycles. The summed E-state index contributed by atoms with van der Waals surface area (Å²) in [4.78, 5) is 23.7. The zero-order valence-corrected chi connectivity index (χ0v) is 12.5. The Morgan fingerprint density at radius 3 is 2.48 bits per heavy atom. The van der Waals surface area contributed by atoms with E-state index in [-0.39, 0.29) is 17.7 Å². The van der Waals surface area contributed by atoms with Gasteiger partial charge in [-0.3, -0.25) is 9.59 Å². The third-order valence-electron chi connectivity index (χ3n) is 3.46. The molecule has 2 rings (SSSR count). The van der Waals surface area contributed by atoms with Gasteiger partial charge in [0.2, 0.25) is 5.91 Å². The van der Waals surface area contributed by atoms with Gasteiger partial charge in [-0.1, -0.05) is 23.8 Å². The van der Waals surface area contributed by atoms with E-state index in [9.17, 15) is 9.59 Å². The highest BCUT2D eigenvalue weighted by Gasteiger charge is 2.17. The summed E-state index contributed by atoms with van der Waals surface area (Å²) in [6.45, 7) is 0.855. The molecule has 1 atom stereocenters. The number of halogens is 1. The van der Waals surface area contributed by atoms with Gasteiger partial charge < -0.3 is 10.6 Å². The van der Waals surface area contributed by atoms with E-state index in [1.807, 2.05) is 0 Å². The molecule has 0 bridgehead atoms. The van der Waals surface area contributed by atoms with Crippen molar-refractivity contribution in [1.29, 1.82) is 0 Å². The SMILES string of the molecule is O=C(NCCNC(=O)C1CC=CCC1)c1ccc(Cl)cc1. The van der Waals surface area contributed by atoms with E-state index >= 15 is 0 Å². The molecule has 4 nitrogen and oxygen atoms in total. The van der Waals surface area contributed by atoms with Crippen molar-refractivity contribution in [3.63, 3.8) is 0 Å². The summed E-state index contributed by atoms with van der Waals surface area (Å²) in [6, 6.07) is 6.69. The first-order chi connectivity index (χ1) is 10.2. The minimum absolute atomic E-state index is 0.0695. The van der Waals surface area contributed by atoms with E-state index in [0.717, 1.165) is 19.3 Å². The number of hydrogen-bond donors (Lipinski definition) is 2. The fraction of sp³-hybridized carbons (Fsp3) is 0.375. The van der Waals surface area contributed by atoms with Gasteiger partial charge in [0.15, 0.2) is 0 Å². The molecule has 21 heavy (non-hydrogen) atoms. The van der Waals surface area contributed by atoms with Crippen LogP contribution in [0.2, 0.25) is 5.02 Å². The zero-order valence-electron chi connectivity index (χ0n) is 11.8. The minimum atomic E-state index is -0.165. The first kappa shape index (κ1) is 15.6. The van der Waals surface area contributed by atoms with Crippen LogP contribution in [0.4, 0.5) is 0 Å². The smallest absolute Gasteiger partial charge is 0.251 e. The molecule has 1 aliphatic rings. The highest BCUT2D eigenvalue weighted by atomic mass is 35.5. The van der Waals surface area contributed by atoms with E-state index < -0.39 is 0 Å². The molecule has 2 N–H and O–H groups in total. The number of nitrogens with one attached hydrogen (secondary N) is 2. The van der Waals surface area contributed by atoms with Crippen LogP contribution in [-0.2, 0) is 4.79 Å². The molecule has 1 aromatic carbocycles. The summed E-state index contributed by atoms with van der Waals surface area (Å²) >= 11 is 5.77. The average Bonchev–Trinajstić information content (AvgIpc) is 2.52. The van der Waals surface area contributed by atoms with Gasteiger partial charge in [0.05, 0.1) is 0 Å². The van der Waals surface area contributed by atoms with Crippen molar-refractivity contribution in [2.75, 3.05) is 13.1 Å². The van der Waals surface area contributed by atoms with Gasteiger partial charge >= 0.3 is 0 Å². The first-order valence-corrected chi connectivity index (χ1v) is 7.51. The molecule has 0 spiro atoms. The summed E-state index contributed by atoms with van der Waals surface area (Å²) in [7, 11) is 0. The van der Waals surface area contributed by atoms with E-state index in [0.29, 0.717) is 23.7 Å². The molecule has 0 fully saturated rings. The Balaban J connectivity index is 1.67. The molecule has 1 aromatic rings. The number of amides is 2. The molecule has 5 heteroatoms. The largest absolute Gasteiger partial charge is 0.354 e. The van der Waals surface area contributed by atoms with Gasteiger partial charge in [0.25, 0.3) is 5.91 Å². The van der Waals surface area contributed by atoms with Crippen LogP contribution in [0.15, 0.2) is 36.4 Å². The predicted octanol–water partition coefficient (Wildman–Crippen LogP) is 2.54. The van der Waals surface area contributed by atoms with Crippen molar-refractivity contribution in [1.82, 2.24) is 10.6 Å². The molecule has 0 saturated heterocycles. The van der Waals surface area contributed by atoms with Crippen LogP contribution in [0.25, 0.3) is 0 Å². The van der Waals surface area contributed by atoms with Crippen LogP contribution in [0, 0.1) is 5.92 Å². The monoisotopic (exact) mass is 306 g/mol. The maximum Gasteiger partial charge on any atom is 0.251 e. The molecular formula is C16H19ClN2O2. The lowest BCUT2D eigenvalue weighted by Crippen LogP contribution is -2.37. The molecule has 0 aliphatic heterocycles. The third-order valence-corrected chi connectivity index (χ3v) is 3.71. The van der Waals surface area contributed by atoms with Crippen LogP contribution in [0.3, 0.4) is 0 Å². The number of benzene rings is 1. The molecular weight excluding hydrogens is 288 g/mol. The second kappa shape index (κ2) is 7.84. The lowest BCUT2D eigenvalue weighted by molar-refractivity contribution is -0.125. The molecule has 0 heterocycles. The van der Waals surface area contributed by atoms with Crippen LogP contribution >= 0.6 is 11.6 Å². The van der Waals surface area contributed by atoms with Crippen molar-refractivity contribution >= 4 is 23.4 Å². The van der Waals surface area contributed by atoms with Crippen molar-refractivity contribution in [2.24, 2.45) is 5.92 Å². The van der Waals surface area contributed by atoms with Gasteiger partial charge in [0.1, 0.15) is 0 Å². The van der Waals surface area contributed by atoms with Crippen molar-refractivity contribution in [3.05, 3.63) is 47.0 Å². The third kappa shape index (κ3) is 4.90. The van der Waals surface area contributed by atoms with Gasteiger partial charge in [-0.2, -0.15) is 0 Å². The number of carbonyl (C=O) groups is 2. The number of allylic oxidation sites excluding steroid dienone is 2. The Bertz CT molecular complexity index is 526. The topological polar surface area (TPSA) is 58.2 Å². The summed E-state index contributed by atoms with van der Waals surface area (Å²) in [6.07, 6.45) is 6.83. The van der Waals surface area contributed by atoms with Crippen molar-refractivity contribution in [3.8, 4) is 0 Å². The fourth-order valence-corrected chi connectivity index (χ4v) is 2.37. The molecule has 1 unspecified atom stereocenters. The Kier molecular flexibility index (Phi) is 5.81. The molecule has 112 valence electrons. The normalized spacial score (nSPS) is 17.3. The first-order valence-electron chi connectivity index (χ1n) is 7.13. The van der Waals surface area contributed by atoms with Crippen LogP contribution < -0.4 is 10.6 Å². The van der Waals surface area contributed by atoms with Crippen LogP contribution in [0.1, 0.15) is 29.6 Å². The molecule has 0 aromatic heterocycles. The average molecular weight is 307 g/mol. The molecule has 2 amide bonds. The highest BCUT2D eigenvalue weighted by molar-refractivity contribution is 6.30. The number of hydrogen-bond acceptors (Lipinski definition) is 2. The standard InChI is InChI=1S/C16H19ClN2O2/c17-14-8-6-13(7-9-14)16(21)19-11-10-18-15(20)12-4-2-1-3-5-12/h1-2,6-9,12H,3-5,10-11H2,(H,18,20)(H,19,21). The van der Waals surface area contributed by atoms with Gasteiger partial charge in [-0.25, -0.2) is 0 Å². The summed E-state index contributed by atoms with van der Waals surface area (Å²) in [5.74, 6) is -0.0245. The second-order valence-electron chi connectivity index (χ2n) is 5.04. The van der Waals surface area contributed by atoms with E-state index in [1.165, 1.54) is 0 Å². The number of rotatable bonds is 5. The van der Waals surface area contributed by atoms with Crippen molar-refractivity contribution < 1.29 is 9.59 Å². The number of carbonyl (C=O) groups excluding carboxylic acids is 2. The molecule has 1 aliphatic carbocycles. The maximum atomic E-state index is 11.9. The van der Waals surface area contributed by atoms with E-state index in [1.54, 1.807) is 24.3 Å². The summed E-state index contributed by atoms with van der Waals surface area (Å²) in [5, 5.41) is 6.22. The van der Waals surface area contributed by atoms with Crippen LogP contribution in [0.5, 0.6) is 0 Å².